The van der Waals surface area contributed by atoms with E-state index in [1.807, 2.05) is 29.2 Å². The van der Waals surface area contributed by atoms with Crippen LogP contribution in [0.4, 0.5) is 5.95 Å². The van der Waals surface area contributed by atoms with Crippen molar-refractivity contribution in [3.05, 3.63) is 52.8 Å². The molecule has 122 valence electrons. The molecule has 0 N–H and O–H groups in total. The van der Waals surface area contributed by atoms with Gasteiger partial charge in [-0.3, -0.25) is 4.79 Å². The van der Waals surface area contributed by atoms with Crippen molar-refractivity contribution >= 4 is 43.7 Å². The molecular formula is C17H14Br2N4O. The molecule has 24 heavy (non-hydrogen) atoms. The molecule has 1 saturated heterocycles. The van der Waals surface area contributed by atoms with Gasteiger partial charge in [0.15, 0.2) is 0 Å². The Kier molecular flexibility index (Phi) is 5.48. The van der Waals surface area contributed by atoms with Gasteiger partial charge in [-0.15, -0.1) is 0 Å². The van der Waals surface area contributed by atoms with Gasteiger partial charge in [0.2, 0.25) is 5.95 Å². The molecule has 2 heterocycles. The Labute approximate surface area is 157 Å². The maximum absolute atomic E-state index is 12.3. The van der Waals surface area contributed by atoms with E-state index in [1.54, 1.807) is 23.4 Å². The lowest BCUT2D eigenvalue weighted by Gasteiger charge is -2.37. The fourth-order valence-corrected chi connectivity index (χ4v) is 3.33. The molecule has 1 unspecified atom stereocenters. The highest BCUT2D eigenvalue weighted by atomic mass is 79.9. The van der Waals surface area contributed by atoms with Crippen LogP contribution in [0.15, 0.2) is 47.2 Å². The van der Waals surface area contributed by atoms with Crippen molar-refractivity contribution < 1.29 is 4.79 Å². The van der Waals surface area contributed by atoms with E-state index in [0.717, 1.165) is 10.0 Å². The lowest BCUT2D eigenvalue weighted by atomic mass is 10.2. The number of anilines is 1. The summed E-state index contributed by atoms with van der Waals surface area (Å²) < 4.78 is 0.987. The molecule has 0 bridgehead atoms. The highest BCUT2D eigenvalue weighted by molar-refractivity contribution is 9.10. The highest BCUT2D eigenvalue weighted by Crippen LogP contribution is 2.19. The Morgan fingerprint density at radius 2 is 1.88 bits per heavy atom. The van der Waals surface area contributed by atoms with E-state index >= 15 is 0 Å². The zero-order valence-corrected chi connectivity index (χ0v) is 15.9. The van der Waals surface area contributed by atoms with Crippen LogP contribution in [0.25, 0.3) is 0 Å². The standard InChI is InChI=1S/C17H14Br2N4O/c18-14-5-2-13(3-6-14)4-7-16(24)22-10-11-23(15(19)12-22)17-20-8-1-9-21-17/h1-3,5-6,8-9,15H,10-12H2. The second kappa shape index (κ2) is 7.77. The fraction of sp³-hybridized carbons (Fsp3) is 0.235. The number of carbonyl (C=O) groups excluding carboxylic acids is 1. The van der Waals surface area contributed by atoms with Gasteiger partial charge < -0.3 is 9.80 Å². The highest BCUT2D eigenvalue weighted by Gasteiger charge is 2.28. The third-order valence-electron chi connectivity index (χ3n) is 3.57. The third-order valence-corrected chi connectivity index (χ3v) is 4.89. The van der Waals surface area contributed by atoms with Crippen molar-refractivity contribution in [3.8, 4) is 11.8 Å². The van der Waals surface area contributed by atoms with Crippen molar-refractivity contribution in [3.63, 3.8) is 0 Å². The maximum atomic E-state index is 12.3. The molecule has 0 radical (unpaired) electrons. The van der Waals surface area contributed by atoms with Crippen LogP contribution in [0.5, 0.6) is 0 Å². The van der Waals surface area contributed by atoms with E-state index in [4.69, 9.17) is 0 Å². The Balaban J connectivity index is 1.63. The van der Waals surface area contributed by atoms with Gasteiger partial charge in [0, 0.05) is 41.4 Å². The summed E-state index contributed by atoms with van der Waals surface area (Å²) in [7, 11) is 0. The SMILES string of the molecule is O=C(C#Cc1ccc(Br)cc1)N1CCN(c2ncccn2)C(Br)C1. The van der Waals surface area contributed by atoms with Crippen LogP contribution in [0, 0.1) is 11.8 Å². The predicted octanol–water partition coefficient (Wildman–Crippen LogP) is 2.66. The summed E-state index contributed by atoms with van der Waals surface area (Å²) in [6.07, 6.45) is 3.42. The van der Waals surface area contributed by atoms with Crippen LogP contribution < -0.4 is 4.90 Å². The summed E-state index contributed by atoms with van der Waals surface area (Å²) in [5.41, 5.74) is 0.818. The topological polar surface area (TPSA) is 49.3 Å². The molecule has 7 heteroatoms. The van der Waals surface area contributed by atoms with Crippen molar-refractivity contribution in [1.29, 1.82) is 0 Å². The number of hydrogen-bond acceptors (Lipinski definition) is 4. The monoisotopic (exact) mass is 448 g/mol. The number of halogens is 2. The van der Waals surface area contributed by atoms with Gasteiger partial charge in [-0.05, 0) is 30.3 Å². The molecule has 1 aromatic carbocycles. The molecule has 1 aliphatic rings. The lowest BCUT2D eigenvalue weighted by Crippen LogP contribution is -2.52. The van der Waals surface area contributed by atoms with Gasteiger partial charge in [-0.25, -0.2) is 9.97 Å². The number of benzene rings is 1. The summed E-state index contributed by atoms with van der Waals surface area (Å²) in [5, 5.41) is 0. The van der Waals surface area contributed by atoms with Gasteiger partial charge >= 0.3 is 0 Å². The molecule has 2 aromatic rings. The van der Waals surface area contributed by atoms with E-state index in [-0.39, 0.29) is 10.9 Å². The molecule has 1 aliphatic heterocycles. The van der Waals surface area contributed by atoms with Gasteiger partial charge in [0.1, 0.15) is 4.95 Å². The zero-order valence-electron chi connectivity index (χ0n) is 12.7. The Morgan fingerprint density at radius 1 is 1.17 bits per heavy atom. The number of nitrogens with zero attached hydrogens (tertiary/aromatic N) is 4. The number of piperazine rings is 1. The molecular weight excluding hydrogens is 436 g/mol. The van der Waals surface area contributed by atoms with E-state index in [2.05, 4.69) is 53.7 Å². The van der Waals surface area contributed by atoms with Gasteiger partial charge in [0.25, 0.3) is 5.91 Å². The normalized spacial score (nSPS) is 17.2. The second-order valence-corrected chi connectivity index (χ2v) is 7.16. The number of hydrogen-bond donors (Lipinski definition) is 0. The third kappa shape index (κ3) is 4.13. The smallest absolute Gasteiger partial charge is 0.298 e. The second-order valence-electron chi connectivity index (χ2n) is 5.18. The number of alkyl halides is 1. The fourth-order valence-electron chi connectivity index (χ4n) is 2.33. The van der Waals surface area contributed by atoms with Crippen molar-refractivity contribution in [2.75, 3.05) is 24.5 Å². The van der Waals surface area contributed by atoms with Crippen molar-refractivity contribution in [2.45, 2.75) is 4.95 Å². The van der Waals surface area contributed by atoms with Crippen molar-refractivity contribution in [1.82, 2.24) is 14.9 Å². The summed E-state index contributed by atoms with van der Waals surface area (Å²) in [4.78, 5) is 24.5. The van der Waals surface area contributed by atoms with Gasteiger partial charge in [-0.2, -0.15) is 0 Å². The molecule has 5 nitrogen and oxygen atoms in total. The van der Waals surface area contributed by atoms with Gasteiger partial charge in [-0.1, -0.05) is 37.8 Å². The van der Waals surface area contributed by atoms with Crippen molar-refractivity contribution in [2.24, 2.45) is 0 Å². The zero-order chi connectivity index (χ0) is 16.9. The first-order valence-electron chi connectivity index (χ1n) is 7.38. The molecule has 0 aliphatic carbocycles. The van der Waals surface area contributed by atoms with Crippen LogP contribution in [-0.4, -0.2) is 45.4 Å². The first-order valence-corrected chi connectivity index (χ1v) is 9.08. The molecule has 0 spiro atoms. The number of carbonyl (C=O) groups is 1. The Morgan fingerprint density at radius 3 is 2.54 bits per heavy atom. The summed E-state index contributed by atoms with van der Waals surface area (Å²) in [5.74, 6) is 6.11. The van der Waals surface area contributed by atoms with Crippen LogP contribution in [0.3, 0.4) is 0 Å². The quantitative estimate of drug-likeness (QED) is 0.381. The minimum Gasteiger partial charge on any atom is -0.327 e. The first kappa shape index (κ1) is 16.9. The largest absolute Gasteiger partial charge is 0.327 e. The van der Waals surface area contributed by atoms with E-state index in [9.17, 15) is 4.79 Å². The molecule has 1 amide bonds. The minimum absolute atomic E-state index is 0.0351. The van der Waals surface area contributed by atoms with E-state index in [1.165, 1.54) is 0 Å². The Hall–Kier alpha value is -1.91. The average molecular weight is 450 g/mol. The molecule has 1 atom stereocenters. The van der Waals surface area contributed by atoms with Crippen LogP contribution in [0.1, 0.15) is 5.56 Å². The summed E-state index contributed by atoms with van der Waals surface area (Å²) in [6, 6.07) is 9.35. The molecule has 3 rings (SSSR count). The minimum atomic E-state index is -0.170. The predicted molar refractivity (Wildman–Crippen MR) is 99.7 cm³/mol. The molecule has 1 aromatic heterocycles. The van der Waals surface area contributed by atoms with Crippen LogP contribution in [0.2, 0.25) is 0 Å². The number of amides is 1. The van der Waals surface area contributed by atoms with Crippen LogP contribution in [-0.2, 0) is 4.79 Å². The summed E-state index contributed by atoms with van der Waals surface area (Å²) in [6.45, 7) is 1.78. The van der Waals surface area contributed by atoms with E-state index in [0.29, 0.717) is 25.6 Å². The molecule has 1 fully saturated rings. The first-order chi connectivity index (χ1) is 11.6. The number of aromatic nitrogens is 2. The lowest BCUT2D eigenvalue weighted by molar-refractivity contribution is -0.125. The van der Waals surface area contributed by atoms with Crippen LogP contribution >= 0.6 is 31.9 Å². The number of rotatable bonds is 1. The average Bonchev–Trinajstić information content (AvgIpc) is 2.61. The van der Waals surface area contributed by atoms with E-state index < -0.39 is 0 Å². The maximum Gasteiger partial charge on any atom is 0.298 e. The van der Waals surface area contributed by atoms with Gasteiger partial charge in [0.05, 0.1) is 6.54 Å². The molecule has 0 saturated carbocycles. The summed E-state index contributed by atoms with van der Waals surface area (Å²) >= 11 is 6.98. The Bertz CT molecular complexity index is 771.